The molecule has 5 nitrogen and oxygen atoms in total. The minimum Gasteiger partial charge on any atom is -0.489 e. The highest BCUT2D eigenvalue weighted by Gasteiger charge is 2.15. The molecule has 0 fully saturated rings. The lowest BCUT2D eigenvalue weighted by Crippen LogP contribution is -2.32. The Morgan fingerprint density at radius 1 is 1.08 bits per heavy atom. The van der Waals surface area contributed by atoms with Crippen LogP contribution in [0, 0.1) is 0 Å². The average Bonchev–Trinajstić information content (AvgIpc) is 2.58. The fraction of sp³-hybridized carbons (Fsp3) is 0.300. The fourth-order valence-electron chi connectivity index (χ4n) is 2.11. The van der Waals surface area contributed by atoms with Crippen LogP contribution < -0.4 is 10.1 Å². The van der Waals surface area contributed by atoms with Crippen LogP contribution in [0.4, 0.5) is 4.79 Å². The molecule has 2 rings (SSSR count). The van der Waals surface area contributed by atoms with Gasteiger partial charge in [0, 0.05) is 12.1 Å². The van der Waals surface area contributed by atoms with Crippen molar-refractivity contribution in [3.63, 3.8) is 0 Å². The highest BCUT2D eigenvalue weighted by atomic mass is 16.6. The predicted molar refractivity (Wildman–Crippen MR) is 95.7 cm³/mol. The molecular formula is C20H23NO4. The zero-order valence-electron chi connectivity index (χ0n) is 14.7. The van der Waals surface area contributed by atoms with E-state index in [4.69, 9.17) is 9.47 Å². The molecule has 25 heavy (non-hydrogen) atoms. The first kappa shape index (κ1) is 18.5. The second-order valence-corrected chi connectivity index (χ2v) is 6.65. The summed E-state index contributed by atoms with van der Waals surface area (Å²) in [6.07, 6.45) is 0.374. The van der Waals surface area contributed by atoms with Crippen molar-refractivity contribution in [2.75, 3.05) is 0 Å². The third-order valence-electron chi connectivity index (χ3n) is 3.25. The molecule has 0 spiro atoms. The third kappa shape index (κ3) is 6.67. The van der Waals surface area contributed by atoms with Gasteiger partial charge in [-0.3, -0.25) is 4.79 Å². The minimum absolute atomic E-state index is 0.385. The Morgan fingerprint density at radius 3 is 2.44 bits per heavy atom. The van der Waals surface area contributed by atoms with Crippen LogP contribution >= 0.6 is 0 Å². The molecule has 132 valence electrons. The van der Waals surface area contributed by atoms with Gasteiger partial charge in [-0.15, -0.1) is 0 Å². The lowest BCUT2D eigenvalue weighted by atomic mass is 10.1. The molecule has 1 N–H and O–H groups in total. The van der Waals surface area contributed by atoms with Gasteiger partial charge in [-0.2, -0.15) is 0 Å². The van der Waals surface area contributed by atoms with Gasteiger partial charge in [0.25, 0.3) is 0 Å². The third-order valence-corrected chi connectivity index (χ3v) is 3.25. The summed E-state index contributed by atoms with van der Waals surface area (Å²) in [6.45, 7) is 6.24. The molecule has 0 heterocycles. The summed E-state index contributed by atoms with van der Waals surface area (Å²) >= 11 is 0. The molecule has 0 aliphatic carbocycles. The number of carbonyl (C=O) groups is 2. The van der Waals surface area contributed by atoms with Crippen LogP contribution in [0.15, 0.2) is 48.5 Å². The Bertz CT molecular complexity index is 717. The maximum atomic E-state index is 11.6. The summed E-state index contributed by atoms with van der Waals surface area (Å²) in [5.74, 6) is 0.720. The number of alkyl carbamates (subject to hydrolysis) is 1. The van der Waals surface area contributed by atoms with E-state index in [0.29, 0.717) is 18.7 Å². The number of hydrogen-bond donors (Lipinski definition) is 1. The van der Waals surface area contributed by atoms with Crippen LogP contribution in [0.2, 0.25) is 0 Å². The predicted octanol–water partition coefficient (Wildman–Crippen LogP) is 4.10. The maximum absolute atomic E-state index is 11.6. The first-order valence-electron chi connectivity index (χ1n) is 8.08. The highest BCUT2D eigenvalue weighted by Crippen LogP contribution is 2.15. The molecule has 0 aromatic heterocycles. The molecule has 2 aromatic rings. The minimum atomic E-state index is -0.511. The van der Waals surface area contributed by atoms with E-state index in [0.717, 1.165) is 23.2 Å². The van der Waals surface area contributed by atoms with Crippen molar-refractivity contribution in [2.24, 2.45) is 0 Å². The smallest absolute Gasteiger partial charge is 0.407 e. The second-order valence-electron chi connectivity index (χ2n) is 6.65. The molecule has 0 aliphatic heterocycles. The Balaban J connectivity index is 1.83. The van der Waals surface area contributed by atoms with Crippen LogP contribution in [0.5, 0.6) is 5.75 Å². The van der Waals surface area contributed by atoms with Gasteiger partial charge in [0.1, 0.15) is 24.2 Å². The van der Waals surface area contributed by atoms with Crippen molar-refractivity contribution in [1.82, 2.24) is 5.32 Å². The SMILES string of the molecule is CC(C)(C)OC(=O)NCc1ccc(OCc2cccc(C=O)c2)cc1. The van der Waals surface area contributed by atoms with Gasteiger partial charge in [-0.05, 0) is 50.1 Å². The summed E-state index contributed by atoms with van der Waals surface area (Å²) in [5.41, 5.74) is 1.99. The van der Waals surface area contributed by atoms with Crippen LogP contribution in [0.1, 0.15) is 42.3 Å². The maximum Gasteiger partial charge on any atom is 0.407 e. The first-order chi connectivity index (χ1) is 11.9. The lowest BCUT2D eigenvalue weighted by Gasteiger charge is -2.19. The van der Waals surface area contributed by atoms with E-state index >= 15 is 0 Å². The second kappa shape index (κ2) is 8.33. The zero-order valence-corrected chi connectivity index (χ0v) is 14.7. The number of ether oxygens (including phenoxy) is 2. The summed E-state index contributed by atoms with van der Waals surface area (Å²) in [4.78, 5) is 22.4. The number of aldehydes is 1. The first-order valence-corrected chi connectivity index (χ1v) is 8.08. The standard InChI is InChI=1S/C20H23NO4/c1-20(2,3)25-19(23)21-12-15-7-9-18(10-8-15)24-14-17-6-4-5-16(11-17)13-22/h4-11,13H,12,14H2,1-3H3,(H,21,23). The summed E-state index contributed by atoms with van der Waals surface area (Å²) < 4.78 is 10.9. The van der Waals surface area contributed by atoms with E-state index in [9.17, 15) is 9.59 Å². The van der Waals surface area contributed by atoms with Crippen LogP contribution in [0.3, 0.4) is 0 Å². The van der Waals surface area contributed by atoms with Crippen LogP contribution in [-0.2, 0) is 17.9 Å². The summed E-state index contributed by atoms with van der Waals surface area (Å²) in [7, 11) is 0. The van der Waals surface area contributed by atoms with Gasteiger partial charge in [0.15, 0.2) is 0 Å². The highest BCUT2D eigenvalue weighted by molar-refractivity contribution is 5.74. The number of rotatable bonds is 6. The molecule has 5 heteroatoms. The Kier molecular flexibility index (Phi) is 6.17. The van der Waals surface area contributed by atoms with E-state index in [1.807, 2.05) is 57.2 Å². The van der Waals surface area contributed by atoms with Crippen LogP contribution in [-0.4, -0.2) is 18.0 Å². The van der Waals surface area contributed by atoms with Crippen LogP contribution in [0.25, 0.3) is 0 Å². The van der Waals surface area contributed by atoms with Gasteiger partial charge in [0.2, 0.25) is 0 Å². The average molecular weight is 341 g/mol. The fourth-order valence-corrected chi connectivity index (χ4v) is 2.11. The van der Waals surface area contributed by atoms with Crippen molar-refractivity contribution in [3.05, 3.63) is 65.2 Å². The van der Waals surface area contributed by atoms with Gasteiger partial charge < -0.3 is 14.8 Å². The summed E-state index contributed by atoms with van der Waals surface area (Å²) in [6, 6.07) is 14.7. The number of hydrogen-bond acceptors (Lipinski definition) is 4. The molecule has 2 aromatic carbocycles. The van der Waals surface area contributed by atoms with Gasteiger partial charge >= 0.3 is 6.09 Å². The normalized spacial score (nSPS) is 10.8. The Morgan fingerprint density at radius 2 is 1.80 bits per heavy atom. The largest absolute Gasteiger partial charge is 0.489 e. The molecule has 0 atom stereocenters. The molecule has 0 saturated heterocycles. The Hall–Kier alpha value is -2.82. The summed E-state index contributed by atoms with van der Waals surface area (Å²) in [5, 5.41) is 2.71. The van der Waals surface area contributed by atoms with E-state index in [2.05, 4.69) is 5.32 Å². The molecule has 0 saturated carbocycles. The number of carbonyl (C=O) groups excluding carboxylic acids is 2. The molecule has 0 bridgehead atoms. The topological polar surface area (TPSA) is 64.6 Å². The van der Waals surface area contributed by atoms with E-state index in [-0.39, 0.29) is 0 Å². The molecular weight excluding hydrogens is 318 g/mol. The molecule has 0 aliphatic rings. The van der Waals surface area contributed by atoms with Gasteiger partial charge in [-0.1, -0.05) is 30.3 Å². The molecule has 1 amide bonds. The van der Waals surface area contributed by atoms with Crippen molar-refractivity contribution < 1.29 is 19.1 Å². The number of benzene rings is 2. The monoisotopic (exact) mass is 341 g/mol. The Labute approximate surface area is 148 Å². The zero-order chi connectivity index (χ0) is 18.3. The van der Waals surface area contributed by atoms with Crippen molar-refractivity contribution in [2.45, 2.75) is 39.5 Å². The molecule has 0 radical (unpaired) electrons. The van der Waals surface area contributed by atoms with E-state index in [1.165, 1.54) is 0 Å². The quantitative estimate of drug-likeness (QED) is 0.803. The van der Waals surface area contributed by atoms with Crippen molar-refractivity contribution in [3.8, 4) is 5.75 Å². The van der Waals surface area contributed by atoms with Crippen molar-refractivity contribution in [1.29, 1.82) is 0 Å². The lowest BCUT2D eigenvalue weighted by molar-refractivity contribution is 0.0523. The molecule has 0 unspecified atom stereocenters. The van der Waals surface area contributed by atoms with Gasteiger partial charge in [0.05, 0.1) is 0 Å². The van der Waals surface area contributed by atoms with Crippen molar-refractivity contribution >= 4 is 12.4 Å². The number of nitrogens with one attached hydrogen (secondary N) is 1. The number of amides is 1. The van der Waals surface area contributed by atoms with Gasteiger partial charge in [-0.25, -0.2) is 4.79 Å². The van der Waals surface area contributed by atoms with E-state index in [1.54, 1.807) is 12.1 Å². The van der Waals surface area contributed by atoms with E-state index < -0.39 is 11.7 Å².